The first-order valence-electron chi connectivity index (χ1n) is 8.20. The summed E-state index contributed by atoms with van der Waals surface area (Å²) in [5.74, 6) is 1.76. The Morgan fingerprint density at radius 3 is 2.76 bits per heavy atom. The number of rotatable bonds is 8. The Hall–Kier alpha value is -1.02. The van der Waals surface area contributed by atoms with E-state index in [1.54, 1.807) is 0 Å². The van der Waals surface area contributed by atoms with Crippen LogP contribution in [0.15, 0.2) is 18.2 Å². The molecule has 1 aromatic carbocycles. The molecule has 21 heavy (non-hydrogen) atoms. The Morgan fingerprint density at radius 2 is 2.05 bits per heavy atom. The second-order valence-electron chi connectivity index (χ2n) is 6.03. The molecule has 0 saturated carbocycles. The van der Waals surface area contributed by atoms with Gasteiger partial charge in [0.25, 0.3) is 0 Å². The summed E-state index contributed by atoms with van der Waals surface area (Å²) in [6, 6.07) is 7.01. The molecule has 2 aromatic rings. The molecule has 1 atom stereocenters. The quantitative estimate of drug-likeness (QED) is 0.454. The third-order valence-corrected chi connectivity index (χ3v) is 4.34. The number of benzene rings is 1. The summed E-state index contributed by atoms with van der Waals surface area (Å²) in [5.41, 5.74) is 3.65. The number of hydrogen-bond donors (Lipinski definition) is 0. The first kappa shape index (κ1) is 16.4. The van der Waals surface area contributed by atoms with Crippen molar-refractivity contribution in [2.75, 3.05) is 5.88 Å². The number of nitrogens with zero attached hydrogens (tertiary/aromatic N) is 2. The van der Waals surface area contributed by atoms with E-state index in [9.17, 15) is 0 Å². The van der Waals surface area contributed by atoms with Gasteiger partial charge in [-0.15, -0.1) is 11.6 Å². The minimum atomic E-state index is 0.492. The highest BCUT2D eigenvalue weighted by molar-refractivity contribution is 6.17. The summed E-state index contributed by atoms with van der Waals surface area (Å²) in [6.07, 6.45) is 7.31. The number of aryl methyl sites for hydroxylation is 2. The van der Waals surface area contributed by atoms with Crippen LogP contribution in [0.3, 0.4) is 0 Å². The van der Waals surface area contributed by atoms with E-state index in [2.05, 4.69) is 43.5 Å². The van der Waals surface area contributed by atoms with E-state index in [0.717, 1.165) is 17.8 Å². The molecule has 0 N–H and O–H groups in total. The van der Waals surface area contributed by atoms with Gasteiger partial charge in [-0.1, -0.05) is 38.7 Å². The van der Waals surface area contributed by atoms with Crippen molar-refractivity contribution in [3.05, 3.63) is 29.6 Å². The van der Waals surface area contributed by atoms with Crippen LogP contribution < -0.4 is 0 Å². The van der Waals surface area contributed by atoms with Gasteiger partial charge in [0.1, 0.15) is 5.82 Å². The highest BCUT2D eigenvalue weighted by Crippen LogP contribution is 2.26. The summed E-state index contributed by atoms with van der Waals surface area (Å²) in [6.45, 7) is 6.71. The molecular weight excluding hydrogens is 280 g/mol. The number of alkyl halides is 1. The molecule has 0 saturated heterocycles. The summed E-state index contributed by atoms with van der Waals surface area (Å²) in [7, 11) is 0. The highest BCUT2D eigenvalue weighted by Gasteiger charge is 2.15. The first-order chi connectivity index (χ1) is 10.2. The van der Waals surface area contributed by atoms with Crippen LogP contribution in [-0.2, 0) is 6.42 Å². The van der Waals surface area contributed by atoms with Gasteiger partial charge in [-0.3, -0.25) is 0 Å². The van der Waals surface area contributed by atoms with E-state index in [4.69, 9.17) is 16.6 Å². The smallest absolute Gasteiger partial charge is 0.111 e. The number of fused-ring (bicyclic) bond motifs is 1. The van der Waals surface area contributed by atoms with Gasteiger partial charge in [0.05, 0.1) is 11.0 Å². The Balaban J connectivity index is 2.25. The van der Waals surface area contributed by atoms with Crippen molar-refractivity contribution in [2.24, 2.45) is 0 Å². The van der Waals surface area contributed by atoms with Gasteiger partial charge < -0.3 is 4.57 Å². The fourth-order valence-corrected chi connectivity index (χ4v) is 3.17. The van der Waals surface area contributed by atoms with Crippen molar-refractivity contribution in [1.29, 1.82) is 0 Å². The molecule has 0 bridgehead atoms. The summed E-state index contributed by atoms with van der Waals surface area (Å²) >= 11 is 5.96. The number of imidazole rings is 1. The molecule has 2 nitrogen and oxygen atoms in total. The molecule has 0 fully saturated rings. The van der Waals surface area contributed by atoms with E-state index in [1.165, 1.54) is 43.2 Å². The third-order valence-electron chi connectivity index (χ3n) is 4.15. The topological polar surface area (TPSA) is 17.8 Å². The Labute approximate surface area is 133 Å². The average molecular weight is 307 g/mol. The highest BCUT2D eigenvalue weighted by atomic mass is 35.5. The zero-order valence-electron chi connectivity index (χ0n) is 13.5. The van der Waals surface area contributed by atoms with Crippen LogP contribution in [0.2, 0.25) is 0 Å². The number of aromatic nitrogens is 2. The van der Waals surface area contributed by atoms with Crippen molar-refractivity contribution < 1.29 is 0 Å². The number of unbranched alkanes of at least 4 members (excludes halogenated alkanes) is 3. The fraction of sp³-hybridized carbons (Fsp3) is 0.611. The standard InChI is InChI=1S/C18H27ClN2/c1-4-5-6-7-8-15(3)21-17-13-14(2)9-10-16(17)20-18(21)11-12-19/h9-10,13,15H,4-8,11-12H2,1-3H3. The number of halogens is 1. The van der Waals surface area contributed by atoms with Gasteiger partial charge >= 0.3 is 0 Å². The third kappa shape index (κ3) is 4.00. The van der Waals surface area contributed by atoms with Crippen molar-refractivity contribution in [2.45, 2.75) is 65.3 Å². The minimum absolute atomic E-state index is 0.492. The van der Waals surface area contributed by atoms with E-state index in [-0.39, 0.29) is 0 Å². The molecular formula is C18H27ClN2. The second-order valence-corrected chi connectivity index (χ2v) is 6.41. The molecule has 0 radical (unpaired) electrons. The van der Waals surface area contributed by atoms with Crippen LogP contribution in [0.1, 0.15) is 63.4 Å². The summed E-state index contributed by atoms with van der Waals surface area (Å²) < 4.78 is 2.41. The van der Waals surface area contributed by atoms with Gasteiger partial charge in [0, 0.05) is 18.3 Å². The maximum atomic E-state index is 5.96. The van der Waals surface area contributed by atoms with Gasteiger partial charge in [0.15, 0.2) is 0 Å². The molecule has 0 aliphatic heterocycles. The molecule has 3 heteroatoms. The van der Waals surface area contributed by atoms with E-state index >= 15 is 0 Å². The van der Waals surface area contributed by atoms with Crippen LogP contribution in [-0.4, -0.2) is 15.4 Å². The van der Waals surface area contributed by atoms with Crippen molar-refractivity contribution in [3.63, 3.8) is 0 Å². The zero-order valence-corrected chi connectivity index (χ0v) is 14.3. The van der Waals surface area contributed by atoms with Gasteiger partial charge in [-0.2, -0.15) is 0 Å². The zero-order chi connectivity index (χ0) is 15.2. The Kier molecular flexibility index (Phi) is 6.10. The van der Waals surface area contributed by atoms with Gasteiger partial charge in [-0.05, 0) is 38.0 Å². The second kappa shape index (κ2) is 7.84. The normalized spacial score (nSPS) is 13.0. The Bertz CT molecular complexity index is 574. The van der Waals surface area contributed by atoms with Crippen LogP contribution >= 0.6 is 11.6 Å². The molecule has 2 rings (SSSR count). The maximum Gasteiger partial charge on any atom is 0.111 e. The van der Waals surface area contributed by atoms with Crippen LogP contribution in [0.25, 0.3) is 11.0 Å². The van der Waals surface area contributed by atoms with E-state index in [0.29, 0.717) is 11.9 Å². The minimum Gasteiger partial charge on any atom is -0.325 e. The molecule has 116 valence electrons. The van der Waals surface area contributed by atoms with Crippen LogP contribution in [0.4, 0.5) is 0 Å². The predicted octanol–water partition coefficient (Wildman–Crippen LogP) is 5.66. The lowest BCUT2D eigenvalue weighted by Crippen LogP contribution is -2.10. The average Bonchev–Trinajstić information content (AvgIpc) is 2.81. The SMILES string of the molecule is CCCCCCC(C)n1c(CCCl)nc2ccc(C)cc21. The monoisotopic (exact) mass is 306 g/mol. The molecule has 0 aliphatic rings. The van der Waals surface area contributed by atoms with Crippen molar-refractivity contribution in [1.82, 2.24) is 9.55 Å². The summed E-state index contributed by atoms with van der Waals surface area (Å²) in [5, 5.41) is 0. The van der Waals surface area contributed by atoms with E-state index in [1.807, 2.05) is 0 Å². The molecule has 0 aliphatic carbocycles. The first-order valence-corrected chi connectivity index (χ1v) is 8.74. The molecule has 1 unspecified atom stereocenters. The largest absolute Gasteiger partial charge is 0.325 e. The van der Waals surface area contributed by atoms with Crippen LogP contribution in [0.5, 0.6) is 0 Å². The maximum absolute atomic E-state index is 5.96. The van der Waals surface area contributed by atoms with Crippen molar-refractivity contribution in [3.8, 4) is 0 Å². The molecule has 1 aromatic heterocycles. The number of hydrogen-bond acceptors (Lipinski definition) is 1. The lowest BCUT2D eigenvalue weighted by atomic mass is 10.1. The predicted molar refractivity (Wildman–Crippen MR) is 92.4 cm³/mol. The van der Waals surface area contributed by atoms with E-state index < -0.39 is 0 Å². The van der Waals surface area contributed by atoms with Crippen LogP contribution in [0, 0.1) is 6.92 Å². The van der Waals surface area contributed by atoms with Crippen molar-refractivity contribution >= 4 is 22.6 Å². The summed E-state index contributed by atoms with van der Waals surface area (Å²) in [4.78, 5) is 4.79. The molecule has 0 spiro atoms. The molecule has 0 amide bonds. The van der Waals surface area contributed by atoms with Gasteiger partial charge in [-0.25, -0.2) is 4.98 Å². The lowest BCUT2D eigenvalue weighted by Gasteiger charge is -2.17. The fourth-order valence-electron chi connectivity index (χ4n) is 3.00. The lowest BCUT2D eigenvalue weighted by molar-refractivity contribution is 0.470. The van der Waals surface area contributed by atoms with Gasteiger partial charge in [0.2, 0.25) is 0 Å². The molecule has 1 heterocycles. The Morgan fingerprint density at radius 1 is 1.24 bits per heavy atom.